The molecule has 9 heteroatoms. The third kappa shape index (κ3) is 5.10. The van der Waals surface area contributed by atoms with Crippen molar-refractivity contribution in [3.05, 3.63) is 59.2 Å². The number of carbonyl (C=O) groups excluding carboxylic acids is 2. The number of fused-ring (bicyclic) bond motifs is 1. The average molecular weight is 472 g/mol. The first kappa shape index (κ1) is 23.4. The molecule has 2 aliphatic rings. The highest BCUT2D eigenvalue weighted by atomic mass is 32.2. The maximum atomic E-state index is 13.0. The van der Waals surface area contributed by atoms with Gasteiger partial charge < -0.3 is 9.64 Å². The maximum absolute atomic E-state index is 13.0. The Bertz CT molecular complexity index is 1140. The van der Waals surface area contributed by atoms with E-state index in [2.05, 4.69) is 11.0 Å². The van der Waals surface area contributed by atoms with E-state index >= 15 is 0 Å². The van der Waals surface area contributed by atoms with Gasteiger partial charge in [-0.2, -0.15) is 4.31 Å². The third-order valence-electron chi connectivity index (χ3n) is 6.35. The number of hydrogen-bond donors (Lipinski definition) is 0. The molecule has 2 heterocycles. The van der Waals surface area contributed by atoms with Gasteiger partial charge in [0.15, 0.2) is 5.78 Å². The molecule has 8 nitrogen and oxygen atoms in total. The van der Waals surface area contributed by atoms with E-state index in [9.17, 15) is 18.0 Å². The number of sulfonamides is 1. The second kappa shape index (κ2) is 9.62. The maximum Gasteiger partial charge on any atom is 0.243 e. The molecule has 2 aromatic rings. The van der Waals surface area contributed by atoms with Crippen molar-refractivity contribution in [2.24, 2.45) is 0 Å². The highest BCUT2D eigenvalue weighted by molar-refractivity contribution is 7.89. The van der Waals surface area contributed by atoms with Gasteiger partial charge in [0.1, 0.15) is 5.75 Å². The van der Waals surface area contributed by atoms with Gasteiger partial charge in [0.25, 0.3) is 0 Å². The van der Waals surface area contributed by atoms with Gasteiger partial charge >= 0.3 is 0 Å². The Morgan fingerprint density at radius 3 is 2.27 bits per heavy atom. The zero-order valence-electron chi connectivity index (χ0n) is 19.0. The summed E-state index contributed by atoms with van der Waals surface area (Å²) in [4.78, 5) is 28.4. The molecule has 0 aliphatic carbocycles. The Balaban J connectivity index is 1.33. The van der Waals surface area contributed by atoms with Crippen molar-refractivity contribution in [2.45, 2.75) is 24.8 Å². The molecule has 176 valence electrons. The lowest BCUT2D eigenvalue weighted by Gasteiger charge is -2.36. The van der Waals surface area contributed by atoms with Gasteiger partial charge in [-0.25, -0.2) is 8.42 Å². The summed E-state index contributed by atoms with van der Waals surface area (Å²) in [5, 5.41) is 0. The van der Waals surface area contributed by atoms with E-state index in [0.29, 0.717) is 31.7 Å². The molecular formula is C24H29N3O5S. The molecule has 0 bridgehead atoms. The van der Waals surface area contributed by atoms with Crippen LogP contribution in [0.15, 0.2) is 47.4 Å². The predicted molar refractivity (Wildman–Crippen MR) is 124 cm³/mol. The first-order chi connectivity index (χ1) is 15.8. The summed E-state index contributed by atoms with van der Waals surface area (Å²) in [6.45, 7) is 4.50. The molecule has 1 saturated heterocycles. The molecule has 4 rings (SSSR count). The minimum atomic E-state index is -3.66. The number of carbonyl (C=O) groups is 2. The molecule has 0 spiro atoms. The van der Waals surface area contributed by atoms with Gasteiger partial charge in [-0.1, -0.05) is 18.2 Å². The Morgan fingerprint density at radius 1 is 0.939 bits per heavy atom. The summed E-state index contributed by atoms with van der Waals surface area (Å²) in [6.07, 6.45) is 0.890. The molecule has 0 unspecified atom stereocenters. The van der Waals surface area contributed by atoms with Crippen molar-refractivity contribution in [2.75, 3.05) is 46.4 Å². The number of rotatable bonds is 6. The molecule has 2 aromatic carbocycles. The summed E-state index contributed by atoms with van der Waals surface area (Å²) in [5.74, 6) is 0.724. The van der Waals surface area contributed by atoms with Crippen LogP contribution in [0, 0.1) is 0 Å². The Labute approximate surface area is 194 Å². The fourth-order valence-corrected chi connectivity index (χ4v) is 5.76. The van der Waals surface area contributed by atoms with Crippen LogP contribution in [0.25, 0.3) is 0 Å². The standard InChI is InChI=1S/C24H29N3O5S/c1-18(28)19-4-7-23(8-5-19)33(30,31)27-13-11-26(12-14-27)24(29)17-25-10-9-20-3-6-22(32-2)15-21(20)16-25/h3-8,15H,9-14,16-17H2,1-2H3. The van der Waals surface area contributed by atoms with Gasteiger partial charge in [-0.05, 0) is 48.7 Å². The zero-order chi connectivity index (χ0) is 23.6. The Kier molecular flexibility index (Phi) is 6.83. The molecule has 0 aromatic heterocycles. The fourth-order valence-electron chi connectivity index (χ4n) is 4.33. The van der Waals surface area contributed by atoms with Gasteiger partial charge in [0.05, 0.1) is 18.6 Å². The monoisotopic (exact) mass is 471 g/mol. The van der Waals surface area contributed by atoms with Crippen LogP contribution in [0.4, 0.5) is 0 Å². The van der Waals surface area contributed by atoms with E-state index in [1.807, 2.05) is 12.1 Å². The second-order valence-electron chi connectivity index (χ2n) is 8.46. The predicted octanol–water partition coefficient (Wildman–Crippen LogP) is 1.79. The van der Waals surface area contributed by atoms with E-state index in [1.54, 1.807) is 12.0 Å². The lowest BCUT2D eigenvalue weighted by Crippen LogP contribution is -2.52. The van der Waals surface area contributed by atoms with Gasteiger partial charge in [0.2, 0.25) is 15.9 Å². The quantitative estimate of drug-likeness (QED) is 0.597. The van der Waals surface area contributed by atoms with Crippen molar-refractivity contribution in [3.8, 4) is 5.75 Å². The molecule has 2 aliphatic heterocycles. The van der Waals surface area contributed by atoms with Crippen LogP contribution in [0.2, 0.25) is 0 Å². The van der Waals surface area contributed by atoms with Crippen molar-refractivity contribution >= 4 is 21.7 Å². The minimum Gasteiger partial charge on any atom is -0.497 e. The van der Waals surface area contributed by atoms with Crippen LogP contribution < -0.4 is 4.74 Å². The highest BCUT2D eigenvalue weighted by Gasteiger charge is 2.31. The summed E-state index contributed by atoms with van der Waals surface area (Å²) < 4.78 is 32.6. The van der Waals surface area contributed by atoms with Crippen LogP contribution >= 0.6 is 0 Å². The molecule has 0 atom stereocenters. The number of ether oxygens (including phenoxy) is 1. The van der Waals surface area contributed by atoms with Gasteiger partial charge in [0, 0.05) is 44.8 Å². The third-order valence-corrected chi connectivity index (χ3v) is 8.27. The number of Topliss-reactive ketones (excluding diaryl/α,β-unsaturated/α-hetero) is 1. The zero-order valence-corrected chi connectivity index (χ0v) is 19.8. The van der Waals surface area contributed by atoms with E-state index < -0.39 is 10.0 Å². The molecule has 33 heavy (non-hydrogen) atoms. The van der Waals surface area contributed by atoms with E-state index in [4.69, 9.17) is 4.74 Å². The largest absolute Gasteiger partial charge is 0.497 e. The topological polar surface area (TPSA) is 87.2 Å². The second-order valence-corrected chi connectivity index (χ2v) is 10.4. The van der Waals surface area contributed by atoms with Gasteiger partial charge in [-0.15, -0.1) is 0 Å². The number of hydrogen-bond acceptors (Lipinski definition) is 6. The number of amides is 1. The SMILES string of the molecule is COc1ccc2c(c1)CN(CC(=O)N1CCN(S(=O)(=O)c3ccc(C(C)=O)cc3)CC1)CC2. The van der Waals surface area contributed by atoms with Crippen LogP contribution in [0.5, 0.6) is 5.75 Å². The summed E-state index contributed by atoms with van der Waals surface area (Å²) in [5.41, 5.74) is 2.94. The molecule has 0 saturated carbocycles. The van der Waals surface area contributed by atoms with Crippen LogP contribution in [-0.2, 0) is 27.8 Å². The van der Waals surface area contributed by atoms with Crippen molar-refractivity contribution in [1.82, 2.24) is 14.1 Å². The molecule has 1 amide bonds. The highest BCUT2D eigenvalue weighted by Crippen LogP contribution is 2.24. The summed E-state index contributed by atoms with van der Waals surface area (Å²) in [6, 6.07) is 12.1. The Hall–Kier alpha value is -2.75. The van der Waals surface area contributed by atoms with Crippen molar-refractivity contribution < 1.29 is 22.7 Å². The number of nitrogens with zero attached hydrogens (tertiary/aromatic N) is 3. The van der Waals surface area contributed by atoms with Crippen molar-refractivity contribution in [3.63, 3.8) is 0 Å². The molecule has 1 fully saturated rings. The number of methoxy groups -OCH3 is 1. The summed E-state index contributed by atoms with van der Waals surface area (Å²) >= 11 is 0. The molecule has 0 N–H and O–H groups in total. The smallest absolute Gasteiger partial charge is 0.243 e. The van der Waals surface area contributed by atoms with E-state index in [0.717, 1.165) is 18.7 Å². The van der Waals surface area contributed by atoms with Crippen molar-refractivity contribution in [1.29, 1.82) is 0 Å². The minimum absolute atomic E-state index is 0.0178. The average Bonchev–Trinajstić information content (AvgIpc) is 2.83. The summed E-state index contributed by atoms with van der Waals surface area (Å²) in [7, 11) is -2.01. The number of piperazine rings is 1. The van der Waals surface area contributed by atoms with Crippen LogP contribution in [-0.4, -0.2) is 80.6 Å². The molecular weight excluding hydrogens is 442 g/mol. The number of benzene rings is 2. The number of ketones is 1. The van der Waals surface area contributed by atoms with E-state index in [-0.39, 0.29) is 29.7 Å². The first-order valence-corrected chi connectivity index (χ1v) is 12.5. The van der Waals surface area contributed by atoms with Crippen LogP contribution in [0.3, 0.4) is 0 Å². The normalized spacial score (nSPS) is 17.5. The lowest BCUT2D eigenvalue weighted by atomic mass is 9.99. The fraction of sp³-hybridized carbons (Fsp3) is 0.417. The van der Waals surface area contributed by atoms with E-state index in [1.165, 1.54) is 46.6 Å². The Morgan fingerprint density at radius 2 is 1.64 bits per heavy atom. The first-order valence-electron chi connectivity index (χ1n) is 11.0. The van der Waals surface area contributed by atoms with Crippen LogP contribution in [0.1, 0.15) is 28.4 Å². The van der Waals surface area contributed by atoms with Gasteiger partial charge in [-0.3, -0.25) is 14.5 Å². The molecule has 0 radical (unpaired) electrons. The lowest BCUT2D eigenvalue weighted by molar-refractivity contribution is -0.133.